The Morgan fingerprint density at radius 1 is 1.00 bits per heavy atom. The number of benzene rings is 2. The molecule has 0 aromatic heterocycles. The number of halogens is 1. The molecular weight excluding hydrogens is 248 g/mol. The van der Waals surface area contributed by atoms with Crippen molar-refractivity contribution >= 4 is 35.6 Å². The maximum atomic E-state index is 11.6. The SMILES string of the molecule is O=C(c1cccc2ccccc12)S(=O)(=O)Cl. The van der Waals surface area contributed by atoms with Crippen LogP contribution in [0.1, 0.15) is 10.4 Å². The minimum absolute atomic E-state index is 0.105. The predicted molar refractivity (Wildman–Crippen MR) is 63.1 cm³/mol. The Bertz CT molecular complexity index is 656. The first kappa shape index (κ1) is 11.1. The lowest BCUT2D eigenvalue weighted by Crippen LogP contribution is -2.08. The van der Waals surface area contributed by atoms with Crippen molar-refractivity contribution in [1.29, 1.82) is 0 Å². The van der Waals surface area contributed by atoms with Crippen LogP contribution in [0.25, 0.3) is 10.8 Å². The van der Waals surface area contributed by atoms with Crippen LogP contribution >= 0.6 is 10.7 Å². The third-order valence-corrected chi connectivity index (χ3v) is 3.31. The van der Waals surface area contributed by atoms with Crippen molar-refractivity contribution in [3.8, 4) is 0 Å². The molecule has 82 valence electrons. The summed E-state index contributed by atoms with van der Waals surface area (Å²) < 4.78 is 22.0. The van der Waals surface area contributed by atoms with E-state index >= 15 is 0 Å². The summed E-state index contributed by atoms with van der Waals surface area (Å²) in [5.41, 5.74) is 0.105. The summed E-state index contributed by atoms with van der Waals surface area (Å²) in [7, 11) is 0.827. The van der Waals surface area contributed by atoms with Gasteiger partial charge < -0.3 is 0 Å². The van der Waals surface area contributed by atoms with Crippen LogP contribution in [-0.2, 0) is 9.05 Å². The molecule has 16 heavy (non-hydrogen) atoms. The van der Waals surface area contributed by atoms with Crippen molar-refractivity contribution in [2.24, 2.45) is 0 Å². The Morgan fingerprint density at radius 2 is 1.62 bits per heavy atom. The van der Waals surface area contributed by atoms with Crippen molar-refractivity contribution in [2.75, 3.05) is 0 Å². The van der Waals surface area contributed by atoms with E-state index in [-0.39, 0.29) is 5.56 Å². The summed E-state index contributed by atoms with van der Waals surface area (Å²) in [6.07, 6.45) is 0. The number of carbonyl (C=O) groups excluding carboxylic acids is 1. The molecule has 0 unspecified atom stereocenters. The molecule has 0 bridgehead atoms. The normalized spacial score (nSPS) is 11.6. The van der Waals surface area contributed by atoms with Gasteiger partial charge in [0.15, 0.2) is 0 Å². The molecule has 0 N–H and O–H groups in total. The molecule has 0 amide bonds. The van der Waals surface area contributed by atoms with Crippen LogP contribution in [0.2, 0.25) is 0 Å². The first-order valence-corrected chi connectivity index (χ1v) is 6.78. The largest absolute Gasteiger partial charge is 0.299 e. The second kappa shape index (κ2) is 3.88. The Hall–Kier alpha value is -1.39. The molecule has 0 saturated heterocycles. The van der Waals surface area contributed by atoms with E-state index in [2.05, 4.69) is 0 Å². The van der Waals surface area contributed by atoms with Crippen LogP contribution in [0, 0.1) is 0 Å². The summed E-state index contributed by atoms with van der Waals surface area (Å²) in [6.45, 7) is 0. The van der Waals surface area contributed by atoms with Crippen LogP contribution in [-0.4, -0.2) is 13.5 Å². The standard InChI is InChI=1S/C11H7ClO3S/c12-16(14,15)11(13)10-7-3-5-8-4-1-2-6-9(8)10/h1-7H. The van der Waals surface area contributed by atoms with Gasteiger partial charge in [-0.05, 0) is 16.8 Å². The third-order valence-electron chi connectivity index (χ3n) is 2.23. The lowest BCUT2D eigenvalue weighted by molar-refractivity contribution is 0.108. The van der Waals surface area contributed by atoms with E-state index < -0.39 is 14.2 Å². The quantitative estimate of drug-likeness (QED) is 0.735. The van der Waals surface area contributed by atoms with Crippen LogP contribution < -0.4 is 0 Å². The summed E-state index contributed by atoms with van der Waals surface area (Å²) in [5.74, 6) is 0. The van der Waals surface area contributed by atoms with Crippen molar-refractivity contribution in [3.05, 3.63) is 48.0 Å². The number of hydrogen-bond acceptors (Lipinski definition) is 3. The molecule has 0 fully saturated rings. The van der Waals surface area contributed by atoms with Gasteiger partial charge in [0.25, 0.3) is 14.2 Å². The number of hydrogen-bond donors (Lipinski definition) is 0. The molecule has 0 atom stereocenters. The molecule has 2 aromatic carbocycles. The molecule has 0 radical (unpaired) electrons. The molecule has 3 nitrogen and oxygen atoms in total. The zero-order valence-corrected chi connectivity index (χ0v) is 9.62. The Morgan fingerprint density at radius 3 is 2.31 bits per heavy atom. The summed E-state index contributed by atoms with van der Waals surface area (Å²) in [6, 6.07) is 11.9. The zero-order valence-electron chi connectivity index (χ0n) is 8.05. The second-order valence-corrected chi connectivity index (χ2v) is 5.72. The molecule has 0 saturated carbocycles. The highest BCUT2D eigenvalue weighted by atomic mass is 35.7. The van der Waals surface area contributed by atoms with Crippen LogP contribution in [0.3, 0.4) is 0 Å². The molecule has 0 heterocycles. The Kier molecular flexibility index (Phi) is 2.69. The van der Waals surface area contributed by atoms with E-state index in [4.69, 9.17) is 10.7 Å². The topological polar surface area (TPSA) is 51.2 Å². The highest BCUT2D eigenvalue weighted by Crippen LogP contribution is 2.21. The van der Waals surface area contributed by atoms with Gasteiger partial charge in [0, 0.05) is 16.2 Å². The molecule has 0 aliphatic carbocycles. The number of carbonyl (C=O) groups is 1. The van der Waals surface area contributed by atoms with E-state index in [0.717, 1.165) is 5.39 Å². The van der Waals surface area contributed by atoms with E-state index in [9.17, 15) is 13.2 Å². The van der Waals surface area contributed by atoms with Gasteiger partial charge >= 0.3 is 0 Å². The van der Waals surface area contributed by atoms with Gasteiger partial charge in [0.05, 0.1) is 0 Å². The van der Waals surface area contributed by atoms with Gasteiger partial charge in [-0.15, -0.1) is 0 Å². The monoisotopic (exact) mass is 254 g/mol. The average Bonchev–Trinajstić information content (AvgIpc) is 2.26. The first-order valence-electron chi connectivity index (χ1n) is 4.47. The van der Waals surface area contributed by atoms with Crippen LogP contribution in [0.4, 0.5) is 0 Å². The molecule has 0 aliphatic heterocycles. The van der Waals surface area contributed by atoms with E-state index in [1.165, 1.54) is 6.07 Å². The van der Waals surface area contributed by atoms with Crippen molar-refractivity contribution in [3.63, 3.8) is 0 Å². The highest BCUT2D eigenvalue weighted by Gasteiger charge is 2.22. The van der Waals surface area contributed by atoms with Crippen molar-refractivity contribution in [2.45, 2.75) is 0 Å². The Labute approximate surface area is 97.1 Å². The van der Waals surface area contributed by atoms with Gasteiger partial charge in [-0.1, -0.05) is 36.4 Å². The van der Waals surface area contributed by atoms with Crippen LogP contribution in [0.15, 0.2) is 42.5 Å². The fraction of sp³-hybridized carbons (Fsp3) is 0. The molecule has 0 aliphatic rings. The first-order chi connectivity index (χ1) is 7.50. The maximum Gasteiger partial charge on any atom is 0.299 e. The van der Waals surface area contributed by atoms with Gasteiger partial charge in [-0.3, -0.25) is 4.79 Å². The van der Waals surface area contributed by atoms with E-state index in [1.807, 2.05) is 6.07 Å². The average molecular weight is 255 g/mol. The minimum atomic E-state index is -4.21. The smallest absolute Gasteiger partial charge is 0.275 e. The number of rotatable bonds is 1. The summed E-state index contributed by atoms with van der Waals surface area (Å²) in [4.78, 5) is 11.6. The summed E-state index contributed by atoms with van der Waals surface area (Å²) >= 11 is 0. The lowest BCUT2D eigenvalue weighted by Gasteiger charge is -2.02. The second-order valence-electron chi connectivity index (χ2n) is 3.25. The predicted octanol–water partition coefficient (Wildman–Crippen LogP) is 2.55. The fourth-order valence-electron chi connectivity index (χ4n) is 1.53. The molecule has 2 rings (SSSR count). The van der Waals surface area contributed by atoms with E-state index in [0.29, 0.717) is 5.39 Å². The number of fused-ring (bicyclic) bond motifs is 1. The summed E-state index contributed by atoms with van der Waals surface area (Å²) in [5, 5.41) is 0.318. The molecule has 2 aromatic rings. The zero-order chi connectivity index (χ0) is 11.8. The fourth-order valence-corrected chi connectivity index (χ4v) is 2.22. The highest BCUT2D eigenvalue weighted by molar-refractivity contribution is 8.25. The van der Waals surface area contributed by atoms with Crippen molar-refractivity contribution < 1.29 is 13.2 Å². The molecule has 5 heteroatoms. The van der Waals surface area contributed by atoms with Crippen LogP contribution in [0.5, 0.6) is 0 Å². The lowest BCUT2D eigenvalue weighted by atomic mass is 10.1. The molecular formula is C11H7ClO3S. The minimum Gasteiger partial charge on any atom is -0.275 e. The van der Waals surface area contributed by atoms with Gasteiger partial charge in [-0.2, -0.15) is 0 Å². The van der Waals surface area contributed by atoms with Gasteiger partial charge in [0.2, 0.25) is 0 Å². The Balaban J connectivity index is 2.75. The van der Waals surface area contributed by atoms with Gasteiger partial charge in [0.1, 0.15) is 0 Å². The van der Waals surface area contributed by atoms with E-state index in [1.54, 1.807) is 30.3 Å². The maximum absolute atomic E-state index is 11.6. The third kappa shape index (κ3) is 1.94. The molecule has 0 spiro atoms. The van der Waals surface area contributed by atoms with Gasteiger partial charge in [-0.25, -0.2) is 8.42 Å². The van der Waals surface area contributed by atoms with Crippen molar-refractivity contribution in [1.82, 2.24) is 0 Å².